The number of benzene rings is 1. The molecule has 0 aliphatic rings. The number of nitrogens with zero attached hydrogens (tertiary/aromatic N) is 1. The predicted molar refractivity (Wildman–Crippen MR) is 95.0 cm³/mol. The summed E-state index contributed by atoms with van der Waals surface area (Å²) in [5.41, 5.74) is 0.618. The zero-order valence-corrected chi connectivity index (χ0v) is 14.8. The molecule has 0 radical (unpaired) electrons. The molecule has 0 saturated carbocycles. The quantitative estimate of drug-likeness (QED) is 0.657. The van der Waals surface area contributed by atoms with Gasteiger partial charge in [-0.2, -0.15) is 0 Å². The van der Waals surface area contributed by atoms with Gasteiger partial charge >= 0.3 is 0 Å². The number of ether oxygens (including phenoxy) is 1. The Bertz CT molecular complexity index is 839. The van der Waals surface area contributed by atoms with Gasteiger partial charge in [0.25, 0.3) is 10.0 Å². The number of methoxy groups -OCH3 is 1. The third kappa shape index (κ3) is 3.41. The van der Waals surface area contributed by atoms with E-state index in [4.69, 9.17) is 4.74 Å². The van der Waals surface area contributed by atoms with Crippen molar-refractivity contribution in [1.82, 2.24) is 0 Å². The fourth-order valence-corrected chi connectivity index (χ4v) is 5.45. The summed E-state index contributed by atoms with van der Waals surface area (Å²) < 4.78 is 32.9. The van der Waals surface area contributed by atoms with Crippen LogP contribution >= 0.6 is 22.7 Å². The lowest BCUT2D eigenvalue weighted by molar-refractivity contribution is 0.415. The first kappa shape index (κ1) is 16.0. The molecule has 3 rings (SSSR count). The van der Waals surface area contributed by atoms with Crippen molar-refractivity contribution < 1.29 is 13.2 Å². The smallest absolute Gasteiger partial charge is 0.274 e. The number of sulfonamides is 1. The van der Waals surface area contributed by atoms with Crippen molar-refractivity contribution in [2.24, 2.45) is 0 Å². The molecule has 120 valence electrons. The lowest BCUT2D eigenvalue weighted by Gasteiger charge is -2.23. The molecule has 23 heavy (non-hydrogen) atoms. The van der Waals surface area contributed by atoms with Gasteiger partial charge in [-0.15, -0.1) is 22.7 Å². The lowest BCUT2D eigenvalue weighted by Crippen LogP contribution is -2.29. The first-order valence-corrected chi connectivity index (χ1v) is 10.0. The Labute approximate surface area is 143 Å². The molecule has 0 N–H and O–H groups in total. The highest BCUT2D eigenvalue weighted by atomic mass is 32.2. The summed E-state index contributed by atoms with van der Waals surface area (Å²) >= 11 is 2.76. The maximum absolute atomic E-state index is 13.0. The summed E-state index contributed by atoms with van der Waals surface area (Å²) in [6, 6.07) is 14.3. The largest absolute Gasteiger partial charge is 0.497 e. The van der Waals surface area contributed by atoms with E-state index >= 15 is 0 Å². The van der Waals surface area contributed by atoms with E-state index in [9.17, 15) is 8.42 Å². The summed E-state index contributed by atoms with van der Waals surface area (Å²) in [4.78, 5) is 0.987. The highest BCUT2D eigenvalue weighted by molar-refractivity contribution is 7.94. The average Bonchev–Trinajstić information content (AvgIpc) is 3.26. The molecule has 2 aromatic heterocycles. The molecule has 0 fully saturated rings. The molecule has 1 aromatic carbocycles. The second kappa shape index (κ2) is 6.74. The van der Waals surface area contributed by atoms with Gasteiger partial charge in [-0.1, -0.05) is 12.1 Å². The molecule has 0 spiro atoms. The number of anilines is 1. The molecule has 3 aromatic rings. The van der Waals surface area contributed by atoms with Gasteiger partial charge in [-0.3, -0.25) is 4.31 Å². The third-order valence-corrected chi connectivity index (χ3v) is 7.29. The van der Waals surface area contributed by atoms with Crippen LogP contribution in [0.4, 0.5) is 5.69 Å². The molecular weight excluding hydrogens is 350 g/mol. The minimum Gasteiger partial charge on any atom is -0.497 e. The summed E-state index contributed by atoms with van der Waals surface area (Å²) in [6.07, 6.45) is 0. The van der Waals surface area contributed by atoms with Gasteiger partial charge in [0, 0.05) is 4.88 Å². The van der Waals surface area contributed by atoms with Crippen molar-refractivity contribution in [3.63, 3.8) is 0 Å². The highest BCUT2D eigenvalue weighted by Gasteiger charge is 2.26. The van der Waals surface area contributed by atoms with Crippen molar-refractivity contribution in [3.8, 4) is 5.75 Å². The Morgan fingerprint density at radius 2 is 1.70 bits per heavy atom. The molecule has 0 aliphatic carbocycles. The molecule has 0 bridgehead atoms. The Kier molecular flexibility index (Phi) is 4.70. The summed E-state index contributed by atoms with van der Waals surface area (Å²) in [7, 11) is -2.00. The topological polar surface area (TPSA) is 46.6 Å². The van der Waals surface area contributed by atoms with Crippen LogP contribution in [0.3, 0.4) is 0 Å². The van der Waals surface area contributed by atoms with Crippen LogP contribution in [-0.2, 0) is 16.6 Å². The molecule has 7 heteroatoms. The van der Waals surface area contributed by atoms with Gasteiger partial charge in [0.1, 0.15) is 9.96 Å². The SMILES string of the molecule is COc1ccc(N(Cc2cccs2)S(=O)(=O)c2cccs2)cc1. The Morgan fingerprint density at radius 3 is 2.26 bits per heavy atom. The minimum absolute atomic E-state index is 0.310. The van der Waals surface area contributed by atoms with Crippen LogP contribution in [-0.4, -0.2) is 15.5 Å². The molecule has 0 aliphatic heterocycles. The maximum atomic E-state index is 13.0. The van der Waals surface area contributed by atoms with Crippen LogP contribution in [0.1, 0.15) is 4.88 Å². The summed E-state index contributed by atoms with van der Waals surface area (Å²) in [5.74, 6) is 0.693. The third-order valence-electron chi connectivity index (χ3n) is 3.28. The molecule has 0 atom stereocenters. The molecule has 0 amide bonds. The molecule has 0 saturated heterocycles. The van der Waals surface area contributed by atoms with E-state index in [1.807, 2.05) is 17.5 Å². The van der Waals surface area contributed by atoms with Gasteiger partial charge in [-0.05, 0) is 47.2 Å². The lowest BCUT2D eigenvalue weighted by atomic mass is 10.3. The first-order valence-electron chi connectivity index (χ1n) is 6.84. The van der Waals surface area contributed by atoms with Crippen molar-refractivity contribution in [3.05, 3.63) is 64.2 Å². The van der Waals surface area contributed by atoms with E-state index in [1.165, 1.54) is 27.0 Å². The Morgan fingerprint density at radius 1 is 1.00 bits per heavy atom. The zero-order valence-electron chi connectivity index (χ0n) is 12.4. The van der Waals surface area contributed by atoms with Gasteiger partial charge in [0.2, 0.25) is 0 Å². The number of thiophene rings is 2. The number of rotatable bonds is 6. The highest BCUT2D eigenvalue weighted by Crippen LogP contribution is 2.30. The van der Waals surface area contributed by atoms with E-state index in [0.29, 0.717) is 22.2 Å². The van der Waals surface area contributed by atoms with Crippen LogP contribution in [0.2, 0.25) is 0 Å². The summed E-state index contributed by atoms with van der Waals surface area (Å²) in [6.45, 7) is 0.310. The van der Waals surface area contributed by atoms with E-state index in [0.717, 1.165) is 4.88 Å². The van der Waals surface area contributed by atoms with E-state index < -0.39 is 10.0 Å². The summed E-state index contributed by atoms with van der Waals surface area (Å²) in [5, 5.41) is 3.71. The molecule has 2 heterocycles. The Hall–Kier alpha value is -1.83. The van der Waals surface area contributed by atoms with Crippen molar-refractivity contribution in [2.45, 2.75) is 10.8 Å². The van der Waals surface area contributed by atoms with Crippen LogP contribution in [0, 0.1) is 0 Å². The monoisotopic (exact) mass is 365 g/mol. The van der Waals surface area contributed by atoms with Gasteiger partial charge < -0.3 is 4.74 Å². The van der Waals surface area contributed by atoms with Crippen molar-refractivity contribution in [2.75, 3.05) is 11.4 Å². The fourth-order valence-electron chi connectivity index (χ4n) is 2.13. The molecule has 4 nitrogen and oxygen atoms in total. The van der Waals surface area contributed by atoms with Gasteiger partial charge in [0.15, 0.2) is 0 Å². The number of hydrogen-bond donors (Lipinski definition) is 0. The maximum Gasteiger partial charge on any atom is 0.274 e. The Balaban J connectivity index is 2.02. The molecule has 0 unspecified atom stereocenters. The van der Waals surface area contributed by atoms with Crippen molar-refractivity contribution >= 4 is 38.4 Å². The first-order chi connectivity index (χ1) is 11.1. The van der Waals surface area contributed by atoms with Crippen LogP contribution in [0.15, 0.2) is 63.5 Å². The average molecular weight is 366 g/mol. The second-order valence-corrected chi connectivity index (χ2v) is 8.79. The standard InChI is InChI=1S/C16H15NO3S3/c1-20-14-8-6-13(7-9-14)17(12-15-4-2-10-21-15)23(18,19)16-5-3-11-22-16/h2-11H,12H2,1H3. The van der Waals surface area contributed by atoms with Crippen LogP contribution < -0.4 is 9.04 Å². The minimum atomic E-state index is -3.59. The fraction of sp³-hybridized carbons (Fsp3) is 0.125. The van der Waals surface area contributed by atoms with Gasteiger partial charge in [0.05, 0.1) is 19.3 Å². The molecular formula is C16H15NO3S3. The van der Waals surface area contributed by atoms with Gasteiger partial charge in [-0.25, -0.2) is 8.42 Å². The second-order valence-electron chi connectivity index (χ2n) is 4.72. The predicted octanol–water partition coefficient (Wildman–Crippen LogP) is 4.21. The zero-order chi connectivity index (χ0) is 16.3. The normalized spacial score (nSPS) is 11.3. The number of hydrogen-bond acceptors (Lipinski definition) is 5. The van der Waals surface area contributed by atoms with Crippen LogP contribution in [0.5, 0.6) is 5.75 Å². The van der Waals surface area contributed by atoms with Crippen molar-refractivity contribution in [1.29, 1.82) is 0 Å². The van der Waals surface area contributed by atoms with Crippen LogP contribution in [0.25, 0.3) is 0 Å². The van der Waals surface area contributed by atoms with E-state index in [2.05, 4.69) is 0 Å². The van der Waals surface area contributed by atoms with E-state index in [-0.39, 0.29) is 0 Å². The van der Waals surface area contributed by atoms with E-state index in [1.54, 1.807) is 48.9 Å².